The van der Waals surface area contributed by atoms with Gasteiger partial charge in [-0.3, -0.25) is 0 Å². The maximum absolute atomic E-state index is 7.06. The predicted molar refractivity (Wildman–Crippen MR) is 228 cm³/mol. The number of para-hydroxylation sites is 1. The van der Waals surface area contributed by atoms with E-state index in [0.29, 0.717) is 11.5 Å². The van der Waals surface area contributed by atoms with Crippen molar-refractivity contribution in [2.24, 2.45) is 0 Å². The van der Waals surface area contributed by atoms with E-state index >= 15 is 0 Å². The molecule has 0 saturated heterocycles. The largest absolute Gasteiger partial charge is 2.00 e. The Morgan fingerprint density at radius 3 is 1.91 bits per heavy atom. The molecule has 4 aromatic heterocycles. The molecule has 0 bridgehead atoms. The second-order valence-corrected chi connectivity index (χ2v) is 19.1. The normalized spacial score (nSPS) is 12.9. The van der Waals surface area contributed by atoms with Crippen LogP contribution in [0.1, 0.15) is 105 Å². The summed E-state index contributed by atoms with van der Waals surface area (Å²) in [5.74, 6) is 2.08. The van der Waals surface area contributed by atoms with Gasteiger partial charge in [-0.1, -0.05) is 153 Å². The summed E-state index contributed by atoms with van der Waals surface area (Å²) in [5, 5.41) is 4.25. The molecule has 0 amide bonds. The van der Waals surface area contributed by atoms with E-state index < -0.39 is 0 Å². The van der Waals surface area contributed by atoms with Crippen LogP contribution in [-0.4, -0.2) is 14.5 Å². The third kappa shape index (κ3) is 7.09. The summed E-state index contributed by atoms with van der Waals surface area (Å²) in [6.07, 6.45) is 3.79. The minimum Gasteiger partial charge on any atom is -0.503 e. The molecule has 0 spiro atoms. The van der Waals surface area contributed by atoms with E-state index in [-0.39, 0.29) is 42.7 Å². The molecule has 0 aliphatic rings. The van der Waals surface area contributed by atoms with Crippen molar-refractivity contribution >= 4 is 43.7 Å². The van der Waals surface area contributed by atoms with Crippen molar-refractivity contribution in [3.8, 4) is 28.6 Å². The second-order valence-electron chi connectivity index (χ2n) is 19.1. The minimum absolute atomic E-state index is 0. The van der Waals surface area contributed by atoms with Gasteiger partial charge in [0, 0.05) is 34.8 Å². The molecule has 0 atom stereocenters. The Morgan fingerprint density at radius 1 is 0.589 bits per heavy atom. The van der Waals surface area contributed by atoms with Crippen molar-refractivity contribution in [2.45, 2.75) is 105 Å². The van der Waals surface area contributed by atoms with Crippen molar-refractivity contribution < 1.29 is 30.2 Å². The molecule has 0 aliphatic heterocycles. The molecule has 6 heteroatoms. The smallest absolute Gasteiger partial charge is 0.503 e. The molecule has 4 aromatic carbocycles. The molecule has 56 heavy (non-hydrogen) atoms. The van der Waals surface area contributed by atoms with E-state index in [1.54, 1.807) is 0 Å². The Bertz CT molecular complexity index is 2780. The first kappa shape index (κ1) is 39.5. The van der Waals surface area contributed by atoms with Crippen molar-refractivity contribution in [3.05, 3.63) is 126 Å². The molecular formula is C50H51N3O2Pt. The number of rotatable bonds is 4. The number of ether oxygens (including phenoxy) is 1. The quantitative estimate of drug-likeness (QED) is 0.165. The number of fused-ring (bicyclic) bond motifs is 6. The van der Waals surface area contributed by atoms with E-state index in [1.165, 1.54) is 22.1 Å². The molecule has 0 fully saturated rings. The minimum atomic E-state index is -0.266. The molecule has 8 aromatic rings. The standard InChI is InChI=1S/C50H51N3O2.Pt/c1-47(2,3)30-17-18-41-35(23-30)36-28-39(50(10,11)12)44(29-42(36)53(41)45-25-32(20-22-52-45)49(7,8)9)54-33-26-37-34-15-13-14-16-43(34)55-46(37)38(27-33)40-24-31(19-21-51-40)48(4,5)6;/h13-26,28H,1-12H3;/q-2;+2. The summed E-state index contributed by atoms with van der Waals surface area (Å²) in [4.78, 5) is 9.80. The topological polar surface area (TPSA) is 53.1 Å². The number of pyridine rings is 2. The molecule has 5 nitrogen and oxygen atoms in total. The first-order valence-corrected chi connectivity index (χ1v) is 19.3. The number of nitrogens with zero attached hydrogens (tertiary/aromatic N) is 3. The predicted octanol–water partition coefficient (Wildman–Crippen LogP) is 13.7. The molecule has 0 saturated carbocycles. The van der Waals surface area contributed by atoms with E-state index in [4.69, 9.17) is 19.1 Å². The van der Waals surface area contributed by atoms with Gasteiger partial charge >= 0.3 is 21.1 Å². The Morgan fingerprint density at radius 2 is 1.23 bits per heavy atom. The van der Waals surface area contributed by atoms with Gasteiger partial charge < -0.3 is 18.7 Å². The summed E-state index contributed by atoms with van der Waals surface area (Å²) in [6, 6.07) is 35.3. The van der Waals surface area contributed by atoms with E-state index in [2.05, 4.69) is 154 Å². The zero-order chi connectivity index (χ0) is 39.2. The van der Waals surface area contributed by atoms with Crippen LogP contribution in [0.2, 0.25) is 0 Å². The monoisotopic (exact) mass is 920 g/mol. The van der Waals surface area contributed by atoms with Crippen LogP contribution in [0.5, 0.6) is 11.5 Å². The average Bonchev–Trinajstić information content (AvgIpc) is 3.64. The first-order valence-electron chi connectivity index (χ1n) is 19.3. The van der Waals surface area contributed by atoms with E-state index in [0.717, 1.165) is 61.0 Å². The van der Waals surface area contributed by atoms with Crippen molar-refractivity contribution in [1.82, 2.24) is 14.5 Å². The number of hydrogen-bond donors (Lipinski definition) is 0. The van der Waals surface area contributed by atoms with Crippen molar-refractivity contribution in [1.29, 1.82) is 0 Å². The second kappa shape index (κ2) is 13.7. The van der Waals surface area contributed by atoms with E-state index in [9.17, 15) is 0 Å². The fourth-order valence-corrected chi connectivity index (χ4v) is 7.44. The molecule has 8 rings (SSSR count). The Hall–Kier alpha value is -4.73. The van der Waals surface area contributed by atoms with E-state index in [1.807, 2.05) is 36.7 Å². The zero-order valence-electron chi connectivity index (χ0n) is 34.6. The summed E-state index contributed by atoms with van der Waals surface area (Å²) in [6.45, 7) is 26.8. The van der Waals surface area contributed by atoms with Crippen LogP contribution < -0.4 is 4.74 Å². The number of hydrogen-bond acceptors (Lipinski definition) is 4. The fraction of sp³-hybridized carbons (Fsp3) is 0.320. The molecule has 288 valence electrons. The van der Waals surface area contributed by atoms with Gasteiger partial charge in [0.15, 0.2) is 0 Å². The first-order chi connectivity index (χ1) is 25.8. The Kier molecular flexibility index (Phi) is 9.69. The Labute approximate surface area is 345 Å². The summed E-state index contributed by atoms with van der Waals surface area (Å²) < 4.78 is 15.8. The van der Waals surface area contributed by atoms with Crippen LogP contribution in [0.3, 0.4) is 0 Å². The van der Waals surface area contributed by atoms with Gasteiger partial charge in [0.1, 0.15) is 11.4 Å². The summed E-state index contributed by atoms with van der Waals surface area (Å²) in [7, 11) is 0. The van der Waals surface area contributed by atoms with Gasteiger partial charge in [-0.05, 0) is 74.3 Å². The Balaban J connectivity index is 0.00000480. The van der Waals surface area contributed by atoms with Gasteiger partial charge in [0.25, 0.3) is 0 Å². The maximum atomic E-state index is 7.06. The molecule has 0 unspecified atom stereocenters. The third-order valence-corrected chi connectivity index (χ3v) is 10.8. The molecule has 0 aliphatic carbocycles. The summed E-state index contributed by atoms with van der Waals surface area (Å²) >= 11 is 0. The van der Waals surface area contributed by atoms with Crippen LogP contribution in [0.25, 0.3) is 60.8 Å². The maximum Gasteiger partial charge on any atom is 2.00 e. The van der Waals surface area contributed by atoms with Crippen LogP contribution in [0, 0.1) is 12.1 Å². The van der Waals surface area contributed by atoms with Gasteiger partial charge in [-0.2, -0.15) is 6.07 Å². The van der Waals surface area contributed by atoms with Crippen LogP contribution >= 0.6 is 0 Å². The summed E-state index contributed by atoms with van der Waals surface area (Å²) in [5.41, 5.74) is 9.44. The molecule has 0 N–H and O–H groups in total. The molecule has 4 heterocycles. The van der Waals surface area contributed by atoms with Gasteiger partial charge in [-0.25, -0.2) is 4.98 Å². The van der Waals surface area contributed by atoms with Gasteiger partial charge in [0.05, 0.1) is 5.58 Å². The third-order valence-electron chi connectivity index (χ3n) is 10.8. The van der Waals surface area contributed by atoms with Crippen molar-refractivity contribution in [3.63, 3.8) is 0 Å². The SMILES string of the molecule is CC(C)(C)c1ccnc(-c2[c-]c(Oc3[c-]c4c(cc3C(C)(C)C)c3cc(C(C)(C)C)ccc3n4-c3cc(C(C)(C)C)ccn3)cc3c2oc2ccccc23)c1.[Pt+2]. The number of benzene rings is 4. The average molecular weight is 921 g/mol. The van der Waals surface area contributed by atoms with Crippen LogP contribution in [-0.2, 0) is 42.7 Å². The number of aromatic nitrogens is 3. The van der Waals surface area contributed by atoms with Crippen molar-refractivity contribution in [2.75, 3.05) is 0 Å². The van der Waals surface area contributed by atoms with Crippen LogP contribution in [0.15, 0.2) is 95.7 Å². The molecule has 0 radical (unpaired) electrons. The van der Waals surface area contributed by atoms with Gasteiger partial charge in [-0.15, -0.1) is 17.0 Å². The zero-order valence-corrected chi connectivity index (χ0v) is 36.9. The van der Waals surface area contributed by atoms with Crippen LogP contribution in [0.4, 0.5) is 0 Å². The molecular weight excluding hydrogens is 870 g/mol. The number of furan rings is 1. The van der Waals surface area contributed by atoms with Gasteiger partial charge in [0.2, 0.25) is 0 Å². The fourth-order valence-electron chi connectivity index (χ4n) is 7.44.